The minimum Gasteiger partial charge on any atom is -0.492 e. The van der Waals surface area contributed by atoms with Gasteiger partial charge in [0, 0.05) is 12.1 Å². The van der Waals surface area contributed by atoms with E-state index in [0.29, 0.717) is 35.4 Å². The van der Waals surface area contributed by atoms with E-state index in [-0.39, 0.29) is 5.91 Å². The average Bonchev–Trinajstić information content (AvgIpc) is 2.88. The SMILES string of the molecule is CCOc1ccc(C(=O)Nc2nnnn2CC)cc1Cl. The van der Waals surface area contributed by atoms with Crippen molar-refractivity contribution in [2.45, 2.75) is 20.4 Å². The summed E-state index contributed by atoms with van der Waals surface area (Å²) in [5.41, 5.74) is 0.407. The number of carbonyl (C=O) groups is 1. The summed E-state index contributed by atoms with van der Waals surface area (Å²) in [6.07, 6.45) is 0. The number of anilines is 1. The molecule has 1 aromatic heterocycles. The van der Waals surface area contributed by atoms with Crippen molar-refractivity contribution in [1.29, 1.82) is 0 Å². The van der Waals surface area contributed by atoms with E-state index in [1.165, 1.54) is 4.68 Å². The molecule has 0 aliphatic heterocycles. The summed E-state index contributed by atoms with van der Waals surface area (Å²) in [5.74, 6) is 0.506. The first-order valence-electron chi connectivity index (χ1n) is 6.15. The molecule has 2 rings (SSSR count). The summed E-state index contributed by atoms with van der Waals surface area (Å²) in [4.78, 5) is 12.1. The molecule has 0 fully saturated rings. The third-order valence-electron chi connectivity index (χ3n) is 2.55. The summed E-state index contributed by atoms with van der Waals surface area (Å²) in [6.45, 7) is 4.81. The zero-order valence-electron chi connectivity index (χ0n) is 11.1. The van der Waals surface area contributed by atoms with E-state index in [1.54, 1.807) is 18.2 Å². The molecule has 0 saturated heterocycles. The van der Waals surface area contributed by atoms with Crippen molar-refractivity contribution in [3.8, 4) is 5.75 Å². The maximum Gasteiger partial charge on any atom is 0.258 e. The second-order valence-electron chi connectivity index (χ2n) is 3.85. The Morgan fingerprint density at radius 2 is 2.25 bits per heavy atom. The number of nitrogens with one attached hydrogen (secondary N) is 1. The molecule has 0 saturated carbocycles. The predicted molar refractivity (Wildman–Crippen MR) is 74.1 cm³/mol. The molecule has 0 spiro atoms. The molecule has 0 unspecified atom stereocenters. The van der Waals surface area contributed by atoms with Crippen LogP contribution in [-0.2, 0) is 6.54 Å². The van der Waals surface area contributed by atoms with Gasteiger partial charge in [0.15, 0.2) is 0 Å². The molecule has 106 valence electrons. The van der Waals surface area contributed by atoms with Crippen molar-refractivity contribution in [2.24, 2.45) is 0 Å². The fourth-order valence-electron chi connectivity index (χ4n) is 1.60. The third-order valence-corrected chi connectivity index (χ3v) is 2.85. The van der Waals surface area contributed by atoms with Gasteiger partial charge in [0.25, 0.3) is 5.91 Å². The number of aryl methyl sites for hydroxylation is 1. The number of rotatable bonds is 5. The number of aromatic nitrogens is 4. The Bertz CT molecular complexity index is 614. The van der Waals surface area contributed by atoms with Crippen molar-refractivity contribution >= 4 is 23.5 Å². The van der Waals surface area contributed by atoms with E-state index in [0.717, 1.165) is 0 Å². The standard InChI is InChI=1S/C12H14ClN5O2/c1-3-18-12(15-16-17-18)14-11(19)8-5-6-10(20-4-2)9(13)7-8/h5-7H,3-4H2,1-2H3,(H,14,15,17,19). The van der Waals surface area contributed by atoms with Crippen LogP contribution in [0.3, 0.4) is 0 Å². The van der Waals surface area contributed by atoms with Crippen molar-refractivity contribution in [3.05, 3.63) is 28.8 Å². The second kappa shape index (κ2) is 6.33. The highest BCUT2D eigenvalue weighted by Gasteiger charge is 2.13. The van der Waals surface area contributed by atoms with Crippen molar-refractivity contribution < 1.29 is 9.53 Å². The summed E-state index contributed by atoms with van der Waals surface area (Å²) in [7, 11) is 0. The number of carbonyl (C=O) groups excluding carboxylic acids is 1. The first-order valence-corrected chi connectivity index (χ1v) is 6.53. The van der Waals surface area contributed by atoms with Crippen molar-refractivity contribution in [1.82, 2.24) is 20.2 Å². The molecular formula is C12H14ClN5O2. The topological polar surface area (TPSA) is 81.9 Å². The Morgan fingerprint density at radius 3 is 2.90 bits per heavy atom. The van der Waals surface area contributed by atoms with Crippen molar-refractivity contribution in [3.63, 3.8) is 0 Å². The van der Waals surface area contributed by atoms with Crippen LogP contribution in [0.15, 0.2) is 18.2 Å². The van der Waals surface area contributed by atoms with Gasteiger partial charge in [-0.3, -0.25) is 10.1 Å². The molecule has 0 atom stereocenters. The lowest BCUT2D eigenvalue weighted by atomic mass is 10.2. The van der Waals surface area contributed by atoms with Crippen LogP contribution in [0.25, 0.3) is 0 Å². The molecule has 2 aromatic rings. The summed E-state index contributed by atoms with van der Waals surface area (Å²) in [5, 5.41) is 14.0. The van der Waals surface area contributed by atoms with Crippen LogP contribution in [0.2, 0.25) is 5.02 Å². The van der Waals surface area contributed by atoms with E-state index in [4.69, 9.17) is 16.3 Å². The lowest BCUT2D eigenvalue weighted by Gasteiger charge is -2.08. The van der Waals surface area contributed by atoms with E-state index >= 15 is 0 Å². The quantitative estimate of drug-likeness (QED) is 0.912. The third kappa shape index (κ3) is 3.05. The molecule has 20 heavy (non-hydrogen) atoms. The zero-order chi connectivity index (χ0) is 14.5. The smallest absolute Gasteiger partial charge is 0.258 e. The number of amides is 1. The molecule has 0 bridgehead atoms. The average molecular weight is 296 g/mol. The van der Waals surface area contributed by atoms with Gasteiger partial charge >= 0.3 is 0 Å². The minimum absolute atomic E-state index is 0.294. The zero-order valence-corrected chi connectivity index (χ0v) is 11.9. The van der Waals surface area contributed by atoms with Gasteiger partial charge in [0.05, 0.1) is 11.6 Å². The Morgan fingerprint density at radius 1 is 1.45 bits per heavy atom. The molecule has 0 radical (unpaired) electrons. The van der Waals surface area contributed by atoms with Gasteiger partial charge in [-0.2, -0.15) is 0 Å². The van der Waals surface area contributed by atoms with Gasteiger partial charge in [-0.05, 0) is 42.5 Å². The van der Waals surface area contributed by atoms with E-state index < -0.39 is 0 Å². The Labute approximate surface area is 120 Å². The number of halogens is 1. The van der Waals surface area contributed by atoms with Crippen LogP contribution < -0.4 is 10.1 Å². The van der Waals surface area contributed by atoms with Crippen LogP contribution in [0.5, 0.6) is 5.75 Å². The van der Waals surface area contributed by atoms with Gasteiger partial charge in [0.2, 0.25) is 5.95 Å². The van der Waals surface area contributed by atoms with E-state index in [1.807, 2.05) is 13.8 Å². The van der Waals surface area contributed by atoms with Gasteiger partial charge < -0.3 is 4.74 Å². The fourth-order valence-corrected chi connectivity index (χ4v) is 1.83. The normalized spacial score (nSPS) is 10.3. The number of ether oxygens (including phenoxy) is 1. The number of nitrogens with zero attached hydrogens (tertiary/aromatic N) is 4. The minimum atomic E-state index is -0.334. The second-order valence-corrected chi connectivity index (χ2v) is 4.26. The Balaban J connectivity index is 2.15. The molecule has 0 aliphatic carbocycles. The Kier molecular flexibility index (Phi) is 4.52. The lowest BCUT2D eigenvalue weighted by molar-refractivity contribution is 0.102. The molecule has 1 aromatic carbocycles. The molecule has 0 aliphatic rings. The molecule has 1 amide bonds. The first-order chi connectivity index (χ1) is 9.65. The fraction of sp³-hybridized carbons (Fsp3) is 0.333. The van der Waals surface area contributed by atoms with E-state index in [2.05, 4.69) is 20.8 Å². The number of tetrazole rings is 1. The summed E-state index contributed by atoms with van der Waals surface area (Å²) >= 11 is 6.04. The molecule has 8 heteroatoms. The molecule has 1 heterocycles. The number of hydrogen-bond acceptors (Lipinski definition) is 5. The maximum absolute atomic E-state index is 12.1. The highest BCUT2D eigenvalue weighted by atomic mass is 35.5. The van der Waals surface area contributed by atoms with Gasteiger partial charge in [0.1, 0.15) is 5.75 Å². The number of hydrogen-bond donors (Lipinski definition) is 1. The van der Waals surface area contributed by atoms with Gasteiger partial charge in [-0.15, -0.1) is 0 Å². The summed E-state index contributed by atoms with van der Waals surface area (Å²) < 4.78 is 6.79. The molecular weight excluding hydrogens is 282 g/mol. The number of benzene rings is 1. The molecule has 1 N–H and O–H groups in total. The predicted octanol–water partition coefficient (Wildman–Crippen LogP) is 2.00. The summed E-state index contributed by atoms with van der Waals surface area (Å²) in [6, 6.07) is 4.83. The monoisotopic (exact) mass is 295 g/mol. The van der Waals surface area contributed by atoms with E-state index in [9.17, 15) is 4.79 Å². The van der Waals surface area contributed by atoms with Crippen LogP contribution in [0.4, 0.5) is 5.95 Å². The van der Waals surface area contributed by atoms with Gasteiger partial charge in [-0.1, -0.05) is 16.7 Å². The highest BCUT2D eigenvalue weighted by molar-refractivity contribution is 6.32. The van der Waals surface area contributed by atoms with Crippen LogP contribution in [0, 0.1) is 0 Å². The van der Waals surface area contributed by atoms with Crippen LogP contribution >= 0.6 is 11.6 Å². The van der Waals surface area contributed by atoms with Gasteiger partial charge in [-0.25, -0.2) is 4.68 Å². The first kappa shape index (κ1) is 14.3. The highest BCUT2D eigenvalue weighted by Crippen LogP contribution is 2.25. The lowest BCUT2D eigenvalue weighted by Crippen LogP contribution is -2.16. The van der Waals surface area contributed by atoms with Crippen molar-refractivity contribution in [2.75, 3.05) is 11.9 Å². The van der Waals surface area contributed by atoms with Crippen LogP contribution in [-0.4, -0.2) is 32.7 Å². The Hall–Kier alpha value is -2.15. The molecule has 7 nitrogen and oxygen atoms in total. The largest absolute Gasteiger partial charge is 0.492 e. The maximum atomic E-state index is 12.1. The van der Waals surface area contributed by atoms with Crippen LogP contribution in [0.1, 0.15) is 24.2 Å².